The van der Waals surface area contributed by atoms with Crippen LogP contribution in [0.3, 0.4) is 0 Å². The Bertz CT molecular complexity index is 776. The molecule has 2 fully saturated rings. The van der Waals surface area contributed by atoms with Crippen LogP contribution < -0.4 is 5.32 Å². The molecule has 2 aliphatic heterocycles. The lowest BCUT2D eigenvalue weighted by Crippen LogP contribution is -2.45. The summed E-state index contributed by atoms with van der Waals surface area (Å²) in [7, 11) is 0. The molecular formula is C21H28N4O2. The van der Waals surface area contributed by atoms with Crippen LogP contribution in [0.1, 0.15) is 24.8 Å². The molecule has 6 heteroatoms. The smallest absolute Gasteiger partial charge is 0.317 e. The lowest BCUT2D eigenvalue weighted by Gasteiger charge is -2.27. The number of likely N-dealkylation sites (tertiary alicyclic amines) is 1. The number of benzene rings is 1. The summed E-state index contributed by atoms with van der Waals surface area (Å²) in [6.45, 7) is 5.87. The lowest BCUT2D eigenvalue weighted by molar-refractivity contribution is 0.0349. The lowest BCUT2D eigenvalue weighted by atomic mass is 10.1. The molecule has 6 nitrogen and oxygen atoms in total. The summed E-state index contributed by atoms with van der Waals surface area (Å²) >= 11 is 0. The number of rotatable bonds is 4. The molecule has 1 N–H and O–H groups in total. The van der Waals surface area contributed by atoms with E-state index in [1.165, 1.54) is 12.8 Å². The summed E-state index contributed by atoms with van der Waals surface area (Å²) in [6, 6.07) is 10.1. The molecule has 0 saturated carbocycles. The molecule has 2 aromatic rings. The largest absolute Gasteiger partial charge is 0.375 e. The zero-order valence-corrected chi connectivity index (χ0v) is 15.8. The number of nitrogens with one attached hydrogen (secondary N) is 1. The van der Waals surface area contributed by atoms with E-state index in [2.05, 4.69) is 21.3 Å². The molecule has 1 aromatic carbocycles. The van der Waals surface area contributed by atoms with Gasteiger partial charge in [-0.3, -0.25) is 4.98 Å². The number of aromatic nitrogens is 1. The first-order valence-corrected chi connectivity index (χ1v) is 9.98. The van der Waals surface area contributed by atoms with Crippen molar-refractivity contribution in [2.24, 2.45) is 0 Å². The highest BCUT2D eigenvalue weighted by Gasteiger charge is 2.25. The Labute approximate surface area is 160 Å². The second-order valence-corrected chi connectivity index (χ2v) is 7.50. The van der Waals surface area contributed by atoms with Gasteiger partial charge in [0.25, 0.3) is 0 Å². The van der Waals surface area contributed by atoms with Crippen LogP contribution in [-0.4, -0.2) is 66.2 Å². The molecule has 3 heterocycles. The van der Waals surface area contributed by atoms with Crippen LogP contribution in [0.15, 0.2) is 36.5 Å². The van der Waals surface area contributed by atoms with Crippen LogP contribution in [0.25, 0.3) is 10.9 Å². The summed E-state index contributed by atoms with van der Waals surface area (Å²) in [5.74, 6) is 0. The molecule has 1 aromatic heterocycles. The SMILES string of the molecule is O=C(NCc1cnc2ccccc2c1)N1CCCOC(CN2CCCC2)C1. The van der Waals surface area contributed by atoms with Crippen molar-refractivity contribution < 1.29 is 9.53 Å². The van der Waals surface area contributed by atoms with E-state index in [1.807, 2.05) is 35.4 Å². The maximum atomic E-state index is 12.7. The van der Waals surface area contributed by atoms with Crippen molar-refractivity contribution in [1.82, 2.24) is 20.1 Å². The molecule has 2 aliphatic rings. The Hall–Kier alpha value is -2.18. The number of fused-ring (bicyclic) bond motifs is 1. The maximum absolute atomic E-state index is 12.7. The van der Waals surface area contributed by atoms with Crippen molar-refractivity contribution in [3.05, 3.63) is 42.1 Å². The van der Waals surface area contributed by atoms with Gasteiger partial charge in [-0.15, -0.1) is 0 Å². The molecule has 1 atom stereocenters. The first-order valence-electron chi connectivity index (χ1n) is 9.98. The number of hydrogen-bond acceptors (Lipinski definition) is 4. The monoisotopic (exact) mass is 368 g/mol. The van der Waals surface area contributed by atoms with Crippen LogP contribution in [0.5, 0.6) is 0 Å². The van der Waals surface area contributed by atoms with E-state index in [-0.39, 0.29) is 12.1 Å². The minimum atomic E-state index is -0.0138. The molecule has 0 radical (unpaired) electrons. The van der Waals surface area contributed by atoms with Gasteiger partial charge in [0, 0.05) is 44.4 Å². The highest BCUT2D eigenvalue weighted by molar-refractivity contribution is 5.79. The van der Waals surface area contributed by atoms with Gasteiger partial charge in [0.15, 0.2) is 0 Å². The number of amides is 2. The molecule has 4 rings (SSSR count). The first-order chi connectivity index (χ1) is 13.3. The molecular weight excluding hydrogens is 340 g/mol. The Morgan fingerprint density at radius 3 is 2.93 bits per heavy atom. The van der Waals surface area contributed by atoms with Gasteiger partial charge in [0.2, 0.25) is 0 Å². The van der Waals surface area contributed by atoms with Crippen molar-refractivity contribution in [3.8, 4) is 0 Å². The van der Waals surface area contributed by atoms with E-state index >= 15 is 0 Å². The molecule has 0 aliphatic carbocycles. The van der Waals surface area contributed by atoms with Crippen LogP contribution in [0.4, 0.5) is 4.79 Å². The normalized spacial score (nSPS) is 21.3. The topological polar surface area (TPSA) is 57.7 Å². The summed E-state index contributed by atoms with van der Waals surface area (Å²) in [5, 5.41) is 4.15. The number of urea groups is 1. The van der Waals surface area contributed by atoms with E-state index in [0.717, 1.165) is 55.7 Å². The van der Waals surface area contributed by atoms with Crippen LogP contribution in [0.2, 0.25) is 0 Å². The van der Waals surface area contributed by atoms with E-state index in [9.17, 15) is 4.79 Å². The molecule has 2 saturated heterocycles. The zero-order valence-electron chi connectivity index (χ0n) is 15.8. The van der Waals surface area contributed by atoms with Crippen molar-refractivity contribution in [3.63, 3.8) is 0 Å². The van der Waals surface area contributed by atoms with Crippen molar-refractivity contribution >= 4 is 16.9 Å². The number of para-hydroxylation sites is 1. The van der Waals surface area contributed by atoms with Gasteiger partial charge in [-0.25, -0.2) is 4.79 Å². The maximum Gasteiger partial charge on any atom is 0.317 e. The Morgan fingerprint density at radius 1 is 1.19 bits per heavy atom. The molecule has 0 spiro atoms. The van der Waals surface area contributed by atoms with Gasteiger partial charge >= 0.3 is 6.03 Å². The number of pyridine rings is 1. The average Bonchev–Trinajstić information content (AvgIpc) is 3.09. The number of ether oxygens (including phenoxy) is 1. The third kappa shape index (κ3) is 4.76. The molecule has 1 unspecified atom stereocenters. The highest BCUT2D eigenvalue weighted by Crippen LogP contribution is 2.14. The minimum absolute atomic E-state index is 0.0138. The number of nitrogens with zero attached hydrogens (tertiary/aromatic N) is 3. The average molecular weight is 368 g/mol. The third-order valence-electron chi connectivity index (χ3n) is 5.39. The quantitative estimate of drug-likeness (QED) is 0.901. The van der Waals surface area contributed by atoms with Crippen LogP contribution in [-0.2, 0) is 11.3 Å². The van der Waals surface area contributed by atoms with Gasteiger partial charge in [-0.1, -0.05) is 18.2 Å². The van der Waals surface area contributed by atoms with E-state index in [4.69, 9.17) is 4.74 Å². The van der Waals surface area contributed by atoms with E-state index in [1.54, 1.807) is 0 Å². The fourth-order valence-electron chi connectivity index (χ4n) is 3.95. The summed E-state index contributed by atoms with van der Waals surface area (Å²) in [6.07, 6.45) is 5.39. The number of carbonyl (C=O) groups is 1. The minimum Gasteiger partial charge on any atom is -0.375 e. The van der Waals surface area contributed by atoms with E-state index in [0.29, 0.717) is 13.1 Å². The van der Waals surface area contributed by atoms with Crippen LogP contribution in [0, 0.1) is 0 Å². The predicted molar refractivity (Wildman–Crippen MR) is 106 cm³/mol. The Morgan fingerprint density at radius 2 is 2.04 bits per heavy atom. The summed E-state index contributed by atoms with van der Waals surface area (Å²) < 4.78 is 5.98. The Balaban J connectivity index is 1.33. The fourth-order valence-corrected chi connectivity index (χ4v) is 3.95. The van der Waals surface area contributed by atoms with Crippen LogP contribution >= 0.6 is 0 Å². The van der Waals surface area contributed by atoms with Crippen molar-refractivity contribution in [2.75, 3.05) is 39.3 Å². The molecule has 144 valence electrons. The van der Waals surface area contributed by atoms with Crippen molar-refractivity contribution in [1.29, 1.82) is 0 Å². The van der Waals surface area contributed by atoms with Crippen molar-refractivity contribution in [2.45, 2.75) is 31.9 Å². The molecule has 0 bridgehead atoms. The van der Waals surface area contributed by atoms with Gasteiger partial charge in [0.1, 0.15) is 0 Å². The second kappa shape index (κ2) is 8.67. The Kier molecular flexibility index (Phi) is 5.84. The predicted octanol–water partition coefficient (Wildman–Crippen LogP) is 2.63. The molecule has 2 amide bonds. The summed E-state index contributed by atoms with van der Waals surface area (Å²) in [5.41, 5.74) is 1.99. The van der Waals surface area contributed by atoms with E-state index < -0.39 is 0 Å². The van der Waals surface area contributed by atoms with Gasteiger partial charge < -0.3 is 19.9 Å². The van der Waals surface area contributed by atoms with Gasteiger partial charge in [-0.05, 0) is 50.0 Å². The van der Waals surface area contributed by atoms with Gasteiger partial charge in [0.05, 0.1) is 11.6 Å². The fraction of sp³-hybridized carbons (Fsp3) is 0.524. The summed E-state index contributed by atoms with van der Waals surface area (Å²) in [4.78, 5) is 21.5. The van der Waals surface area contributed by atoms with Gasteiger partial charge in [-0.2, -0.15) is 0 Å². The number of carbonyl (C=O) groups excluding carboxylic acids is 1. The first kappa shape index (κ1) is 18.2. The zero-order chi connectivity index (χ0) is 18.5. The highest BCUT2D eigenvalue weighted by atomic mass is 16.5. The third-order valence-corrected chi connectivity index (χ3v) is 5.39. The molecule has 27 heavy (non-hydrogen) atoms. The number of hydrogen-bond donors (Lipinski definition) is 1. The second-order valence-electron chi connectivity index (χ2n) is 7.50. The standard InChI is InChI=1S/C21H28N4O2/c26-21(23-14-17-12-18-6-1-2-7-20(18)22-13-17)25-10-5-11-27-19(16-25)15-24-8-3-4-9-24/h1-2,6-7,12-13,19H,3-5,8-11,14-16H2,(H,23,26).